The van der Waals surface area contributed by atoms with Crippen LogP contribution < -0.4 is 26.8 Å². The van der Waals surface area contributed by atoms with E-state index in [1.54, 1.807) is 0 Å². The molecule has 1 heterocycles. The Morgan fingerprint density at radius 3 is 1.54 bits per heavy atom. The van der Waals surface area contributed by atoms with Crippen molar-refractivity contribution < 1.29 is 4.42 Å². The van der Waals surface area contributed by atoms with E-state index in [9.17, 15) is 0 Å². The van der Waals surface area contributed by atoms with E-state index in [1.807, 2.05) is 54.6 Å². The first-order chi connectivity index (χ1) is 26.5. The Kier molecular flexibility index (Phi) is 7.56. The van der Waals surface area contributed by atoms with E-state index in [0.29, 0.717) is 33.1 Å². The molecule has 10 aromatic rings. The van der Waals surface area contributed by atoms with Gasteiger partial charge in [-0.1, -0.05) is 143 Å². The van der Waals surface area contributed by atoms with Crippen LogP contribution in [0.3, 0.4) is 0 Å². The SMILES string of the molecule is [B]c1c([B])c(N(c2cccc(-c3ccc4oc5ccccc5c4c3)c2)c2ccc3c4ccccc4c4ccccc4c3c2)c([B])c([B])c1-c1ccccc1. The molecular formula is C48H27B4NO. The van der Waals surface area contributed by atoms with Crippen LogP contribution in [0.4, 0.5) is 17.1 Å². The highest BCUT2D eigenvalue weighted by Gasteiger charge is 2.23. The Morgan fingerprint density at radius 2 is 0.852 bits per heavy atom. The Balaban J connectivity index is 1.23. The monoisotopic (exact) mass is 677 g/mol. The van der Waals surface area contributed by atoms with Gasteiger partial charge in [0.25, 0.3) is 0 Å². The van der Waals surface area contributed by atoms with E-state index in [1.165, 1.54) is 16.2 Å². The van der Waals surface area contributed by atoms with E-state index in [2.05, 4.69) is 114 Å². The zero-order chi connectivity index (χ0) is 36.5. The van der Waals surface area contributed by atoms with Crippen LogP contribution >= 0.6 is 0 Å². The van der Waals surface area contributed by atoms with Crippen molar-refractivity contribution >= 4 is 125 Å². The molecule has 2 nitrogen and oxygen atoms in total. The zero-order valence-corrected chi connectivity index (χ0v) is 29.3. The fraction of sp³-hybridized carbons (Fsp3) is 0. The lowest BCUT2D eigenvalue weighted by Gasteiger charge is -2.33. The van der Waals surface area contributed by atoms with Crippen LogP contribution in [0, 0.1) is 0 Å². The summed E-state index contributed by atoms with van der Waals surface area (Å²) in [7, 11) is 28.0. The molecule has 0 spiro atoms. The number of furan rings is 1. The molecule has 0 bridgehead atoms. The van der Waals surface area contributed by atoms with Crippen LogP contribution in [-0.2, 0) is 0 Å². The molecule has 0 aliphatic rings. The van der Waals surface area contributed by atoms with Crippen molar-refractivity contribution in [2.24, 2.45) is 0 Å². The Labute approximate surface area is 318 Å². The Bertz CT molecular complexity index is 3050. The standard InChI is InChI=1S/C48H27B4NO/c49-44-43(28-11-2-1-3-12-28)45(50)47(52)48(46(44)51)53(32-22-23-37-35-17-5-4-15-33(35)34-16-6-7-18-36(34)39(37)27-32)31-14-10-13-29(25-31)30-21-24-42-40(26-30)38-19-8-9-20-41(38)54-42/h1-27H. The highest BCUT2D eigenvalue weighted by atomic mass is 16.3. The maximum absolute atomic E-state index is 7.08. The lowest BCUT2D eigenvalue weighted by molar-refractivity contribution is 0.669. The van der Waals surface area contributed by atoms with E-state index < -0.39 is 0 Å². The van der Waals surface area contributed by atoms with Gasteiger partial charge in [-0.3, -0.25) is 0 Å². The molecule has 8 radical (unpaired) electrons. The topological polar surface area (TPSA) is 16.4 Å². The molecule has 0 unspecified atom stereocenters. The van der Waals surface area contributed by atoms with Crippen molar-refractivity contribution in [1.82, 2.24) is 0 Å². The van der Waals surface area contributed by atoms with E-state index in [4.69, 9.17) is 35.8 Å². The summed E-state index contributed by atoms with van der Waals surface area (Å²) >= 11 is 0. The third-order valence-electron chi connectivity index (χ3n) is 10.7. The van der Waals surface area contributed by atoms with Gasteiger partial charge < -0.3 is 9.32 Å². The molecular weight excluding hydrogens is 650 g/mol. The predicted octanol–water partition coefficient (Wildman–Crippen LogP) is 9.02. The summed E-state index contributed by atoms with van der Waals surface area (Å²) < 4.78 is 6.14. The van der Waals surface area contributed by atoms with Crippen molar-refractivity contribution in [2.75, 3.05) is 4.90 Å². The summed E-state index contributed by atoms with van der Waals surface area (Å²) in [5.41, 5.74) is 8.92. The molecule has 0 atom stereocenters. The van der Waals surface area contributed by atoms with Gasteiger partial charge in [-0.15, -0.1) is 0 Å². The largest absolute Gasteiger partial charge is 0.456 e. The van der Waals surface area contributed by atoms with Crippen LogP contribution in [-0.4, -0.2) is 31.4 Å². The number of para-hydroxylation sites is 1. The van der Waals surface area contributed by atoms with E-state index in [0.717, 1.165) is 66.2 Å². The molecule has 0 aliphatic heterocycles. The van der Waals surface area contributed by atoms with E-state index >= 15 is 0 Å². The molecule has 0 fully saturated rings. The molecule has 1 aromatic heterocycles. The number of anilines is 3. The maximum Gasteiger partial charge on any atom is 0.135 e. The second kappa shape index (κ2) is 12.6. The van der Waals surface area contributed by atoms with E-state index in [-0.39, 0.29) is 0 Å². The molecule has 54 heavy (non-hydrogen) atoms. The fourth-order valence-electron chi connectivity index (χ4n) is 8.14. The summed E-state index contributed by atoms with van der Waals surface area (Å²) in [4.78, 5) is 2.09. The van der Waals surface area contributed by atoms with Crippen LogP contribution in [0.25, 0.3) is 76.5 Å². The number of hydrogen-bond donors (Lipinski definition) is 0. The lowest BCUT2D eigenvalue weighted by atomic mass is 9.64. The minimum atomic E-state index is 0.348. The number of hydrogen-bond acceptors (Lipinski definition) is 2. The number of rotatable bonds is 5. The van der Waals surface area contributed by atoms with Crippen molar-refractivity contribution in [3.8, 4) is 22.3 Å². The van der Waals surface area contributed by atoms with Crippen molar-refractivity contribution in [3.05, 3.63) is 164 Å². The molecule has 6 heteroatoms. The number of benzene rings is 9. The minimum absolute atomic E-state index is 0.348. The normalized spacial score (nSPS) is 11.6. The first kappa shape index (κ1) is 32.3. The van der Waals surface area contributed by atoms with Crippen molar-refractivity contribution in [3.63, 3.8) is 0 Å². The summed E-state index contributed by atoms with van der Waals surface area (Å²) in [6, 6.07) is 56.2. The predicted molar refractivity (Wildman–Crippen MR) is 233 cm³/mol. The highest BCUT2D eigenvalue weighted by Crippen LogP contribution is 2.41. The second-order valence-electron chi connectivity index (χ2n) is 13.8. The van der Waals surface area contributed by atoms with Crippen LogP contribution in [0.15, 0.2) is 168 Å². The minimum Gasteiger partial charge on any atom is -0.456 e. The average molecular weight is 677 g/mol. The second-order valence-corrected chi connectivity index (χ2v) is 13.8. The fourth-order valence-corrected chi connectivity index (χ4v) is 8.14. The maximum atomic E-state index is 7.08. The van der Waals surface area contributed by atoms with Crippen LogP contribution in [0.2, 0.25) is 0 Å². The van der Waals surface area contributed by atoms with Gasteiger partial charge >= 0.3 is 0 Å². The van der Waals surface area contributed by atoms with Crippen molar-refractivity contribution in [2.45, 2.75) is 0 Å². The molecule has 0 aliphatic carbocycles. The molecule has 0 amide bonds. The summed E-state index contributed by atoms with van der Waals surface area (Å²) in [5.74, 6) is 0. The van der Waals surface area contributed by atoms with Crippen LogP contribution in [0.1, 0.15) is 0 Å². The lowest BCUT2D eigenvalue weighted by Crippen LogP contribution is -2.46. The van der Waals surface area contributed by atoms with Gasteiger partial charge in [-0.2, -0.15) is 0 Å². The Hall–Kier alpha value is -6.38. The average Bonchev–Trinajstić information content (AvgIpc) is 3.60. The smallest absolute Gasteiger partial charge is 0.135 e. The van der Waals surface area contributed by atoms with Gasteiger partial charge in [0.15, 0.2) is 0 Å². The first-order valence-electron chi connectivity index (χ1n) is 17.9. The van der Waals surface area contributed by atoms with Gasteiger partial charge in [-0.05, 0) is 97.0 Å². The van der Waals surface area contributed by atoms with Gasteiger partial charge in [0.05, 0.1) is 0 Å². The van der Waals surface area contributed by atoms with Gasteiger partial charge in [-0.25, -0.2) is 0 Å². The number of fused-ring (bicyclic) bond motifs is 9. The summed E-state index contributed by atoms with van der Waals surface area (Å²) in [6.07, 6.45) is 0. The van der Waals surface area contributed by atoms with Gasteiger partial charge in [0, 0.05) is 27.8 Å². The summed E-state index contributed by atoms with van der Waals surface area (Å²) in [5, 5.41) is 9.15. The molecule has 0 saturated heterocycles. The van der Waals surface area contributed by atoms with Crippen molar-refractivity contribution in [1.29, 1.82) is 0 Å². The Morgan fingerprint density at radius 1 is 0.333 bits per heavy atom. The van der Waals surface area contributed by atoms with Gasteiger partial charge in [0.1, 0.15) is 42.6 Å². The zero-order valence-electron chi connectivity index (χ0n) is 29.3. The molecule has 242 valence electrons. The molecule has 10 rings (SSSR count). The highest BCUT2D eigenvalue weighted by molar-refractivity contribution is 6.63. The third kappa shape index (κ3) is 5.01. The van der Waals surface area contributed by atoms with Crippen LogP contribution in [0.5, 0.6) is 0 Å². The third-order valence-corrected chi connectivity index (χ3v) is 10.7. The van der Waals surface area contributed by atoms with Gasteiger partial charge in [0.2, 0.25) is 0 Å². The first-order valence-corrected chi connectivity index (χ1v) is 17.9. The summed E-state index contributed by atoms with van der Waals surface area (Å²) in [6.45, 7) is 0. The molecule has 9 aromatic carbocycles. The number of nitrogens with zero attached hydrogens (tertiary/aromatic N) is 1. The molecule has 0 N–H and O–H groups in total. The molecule has 0 saturated carbocycles. The quantitative estimate of drug-likeness (QED) is 0.134.